The van der Waals surface area contributed by atoms with Crippen molar-refractivity contribution in [3.05, 3.63) is 34.9 Å². The van der Waals surface area contributed by atoms with Crippen molar-refractivity contribution < 1.29 is 0 Å². The predicted octanol–water partition coefficient (Wildman–Crippen LogP) is 5.70. The molecule has 1 atom stereocenters. The standard InChI is InChI=1S/C20H33N/c1-4-14-21-20(13-11-18-8-6-5-7-9-18)19-12-10-16(2)15-17(19)3/h10,12,15,18,20-21H,4-9,11,13-14H2,1-3H3. The van der Waals surface area contributed by atoms with Gasteiger partial charge in [-0.1, -0.05) is 62.8 Å². The lowest BCUT2D eigenvalue weighted by molar-refractivity contribution is 0.314. The summed E-state index contributed by atoms with van der Waals surface area (Å²) < 4.78 is 0. The molecule has 0 saturated heterocycles. The summed E-state index contributed by atoms with van der Waals surface area (Å²) in [6.45, 7) is 7.84. The van der Waals surface area contributed by atoms with Gasteiger partial charge in [0.25, 0.3) is 0 Å². The molecule has 0 heterocycles. The minimum absolute atomic E-state index is 0.549. The fourth-order valence-corrected chi connectivity index (χ4v) is 3.78. The van der Waals surface area contributed by atoms with Crippen LogP contribution in [-0.2, 0) is 0 Å². The van der Waals surface area contributed by atoms with Crippen LogP contribution in [0.4, 0.5) is 0 Å². The van der Waals surface area contributed by atoms with Crippen molar-refractivity contribution in [3.8, 4) is 0 Å². The number of hydrogen-bond donors (Lipinski definition) is 1. The lowest BCUT2D eigenvalue weighted by Crippen LogP contribution is -2.24. The monoisotopic (exact) mass is 287 g/mol. The summed E-state index contributed by atoms with van der Waals surface area (Å²) in [7, 11) is 0. The third kappa shape index (κ3) is 5.14. The second kappa shape index (κ2) is 8.58. The van der Waals surface area contributed by atoms with Crippen molar-refractivity contribution in [2.24, 2.45) is 5.92 Å². The van der Waals surface area contributed by atoms with E-state index in [0.717, 1.165) is 12.5 Å². The Morgan fingerprint density at radius 2 is 1.90 bits per heavy atom. The molecule has 0 aromatic heterocycles. The van der Waals surface area contributed by atoms with Crippen LogP contribution in [0, 0.1) is 19.8 Å². The smallest absolute Gasteiger partial charge is 0.0322 e. The van der Waals surface area contributed by atoms with Gasteiger partial charge in [0.05, 0.1) is 0 Å². The Kier molecular flexibility index (Phi) is 6.76. The molecule has 1 aliphatic carbocycles. The molecule has 0 radical (unpaired) electrons. The normalized spacial score (nSPS) is 17.9. The van der Waals surface area contributed by atoms with E-state index in [9.17, 15) is 0 Å². The SMILES string of the molecule is CCCNC(CCC1CCCCC1)c1ccc(C)cc1C. The van der Waals surface area contributed by atoms with Crippen LogP contribution in [0.1, 0.15) is 81.0 Å². The summed E-state index contributed by atoms with van der Waals surface area (Å²) in [5.74, 6) is 0.982. The Bertz CT molecular complexity index is 418. The van der Waals surface area contributed by atoms with Crippen LogP contribution in [0.15, 0.2) is 18.2 Å². The van der Waals surface area contributed by atoms with Gasteiger partial charge >= 0.3 is 0 Å². The van der Waals surface area contributed by atoms with E-state index in [2.05, 4.69) is 44.3 Å². The second-order valence-electron chi connectivity index (χ2n) is 6.95. The number of rotatable bonds is 7. The number of nitrogens with one attached hydrogen (secondary N) is 1. The molecule has 1 aliphatic rings. The molecule has 0 amide bonds. The van der Waals surface area contributed by atoms with E-state index in [0.29, 0.717) is 6.04 Å². The summed E-state index contributed by atoms with van der Waals surface area (Å²) in [6, 6.07) is 7.49. The first-order chi connectivity index (χ1) is 10.2. The Balaban J connectivity index is 1.99. The molecular weight excluding hydrogens is 254 g/mol. The highest BCUT2D eigenvalue weighted by Crippen LogP contribution is 2.31. The molecule has 1 saturated carbocycles. The number of aryl methyl sites for hydroxylation is 2. The number of hydrogen-bond acceptors (Lipinski definition) is 1. The van der Waals surface area contributed by atoms with Crippen LogP contribution in [0.5, 0.6) is 0 Å². The van der Waals surface area contributed by atoms with Crippen molar-refractivity contribution >= 4 is 0 Å². The molecular formula is C20H33N. The summed E-state index contributed by atoms with van der Waals surface area (Å²) in [5, 5.41) is 3.79. The topological polar surface area (TPSA) is 12.0 Å². The molecule has 1 aromatic rings. The van der Waals surface area contributed by atoms with Crippen LogP contribution in [-0.4, -0.2) is 6.54 Å². The third-order valence-electron chi connectivity index (χ3n) is 5.03. The predicted molar refractivity (Wildman–Crippen MR) is 92.8 cm³/mol. The van der Waals surface area contributed by atoms with Crippen molar-refractivity contribution in [2.75, 3.05) is 6.54 Å². The largest absolute Gasteiger partial charge is 0.310 e. The van der Waals surface area contributed by atoms with Gasteiger partial charge < -0.3 is 5.32 Å². The van der Waals surface area contributed by atoms with E-state index in [1.807, 2.05) is 0 Å². The number of benzene rings is 1. The highest BCUT2D eigenvalue weighted by atomic mass is 14.9. The maximum absolute atomic E-state index is 3.79. The maximum Gasteiger partial charge on any atom is 0.0322 e. The van der Waals surface area contributed by atoms with E-state index < -0.39 is 0 Å². The highest BCUT2D eigenvalue weighted by Gasteiger charge is 2.18. The Morgan fingerprint density at radius 1 is 1.14 bits per heavy atom. The second-order valence-corrected chi connectivity index (χ2v) is 6.95. The molecule has 1 heteroatoms. The average Bonchev–Trinajstić information content (AvgIpc) is 2.49. The van der Waals surface area contributed by atoms with Crippen molar-refractivity contribution in [3.63, 3.8) is 0 Å². The fraction of sp³-hybridized carbons (Fsp3) is 0.700. The Hall–Kier alpha value is -0.820. The lowest BCUT2D eigenvalue weighted by Gasteiger charge is -2.26. The van der Waals surface area contributed by atoms with E-state index in [-0.39, 0.29) is 0 Å². The van der Waals surface area contributed by atoms with Gasteiger partial charge in [0.15, 0.2) is 0 Å². The van der Waals surface area contributed by atoms with Gasteiger partial charge in [-0.05, 0) is 56.7 Å². The van der Waals surface area contributed by atoms with Gasteiger partial charge in [-0.15, -0.1) is 0 Å². The average molecular weight is 287 g/mol. The van der Waals surface area contributed by atoms with Gasteiger partial charge in [0.1, 0.15) is 0 Å². The van der Waals surface area contributed by atoms with Crippen LogP contribution in [0.3, 0.4) is 0 Å². The summed E-state index contributed by atoms with van der Waals surface area (Å²) in [4.78, 5) is 0. The van der Waals surface area contributed by atoms with Crippen molar-refractivity contribution in [1.29, 1.82) is 0 Å². The zero-order valence-electron chi connectivity index (χ0n) is 14.3. The highest BCUT2D eigenvalue weighted by molar-refractivity contribution is 5.32. The quantitative estimate of drug-likeness (QED) is 0.678. The maximum atomic E-state index is 3.79. The van der Waals surface area contributed by atoms with Crippen LogP contribution in [0.25, 0.3) is 0 Å². The lowest BCUT2D eigenvalue weighted by atomic mass is 9.84. The molecule has 0 spiro atoms. The van der Waals surface area contributed by atoms with Gasteiger partial charge in [-0.2, -0.15) is 0 Å². The summed E-state index contributed by atoms with van der Waals surface area (Å²) in [5.41, 5.74) is 4.34. The van der Waals surface area contributed by atoms with Gasteiger partial charge in [-0.3, -0.25) is 0 Å². The third-order valence-corrected chi connectivity index (χ3v) is 5.03. The molecule has 1 nitrogen and oxygen atoms in total. The zero-order valence-corrected chi connectivity index (χ0v) is 14.3. The first-order valence-electron chi connectivity index (χ1n) is 9.01. The summed E-state index contributed by atoms with van der Waals surface area (Å²) >= 11 is 0. The Labute approximate surface area is 131 Å². The van der Waals surface area contributed by atoms with Crippen molar-refractivity contribution in [1.82, 2.24) is 5.32 Å². The van der Waals surface area contributed by atoms with E-state index in [1.54, 1.807) is 0 Å². The van der Waals surface area contributed by atoms with Crippen LogP contribution >= 0.6 is 0 Å². The first-order valence-corrected chi connectivity index (χ1v) is 9.01. The fourth-order valence-electron chi connectivity index (χ4n) is 3.78. The molecule has 1 fully saturated rings. The Morgan fingerprint density at radius 3 is 2.57 bits per heavy atom. The molecule has 0 aliphatic heterocycles. The summed E-state index contributed by atoms with van der Waals surface area (Å²) in [6.07, 6.45) is 11.2. The van der Waals surface area contributed by atoms with Gasteiger partial charge in [-0.25, -0.2) is 0 Å². The zero-order chi connectivity index (χ0) is 15.1. The van der Waals surface area contributed by atoms with Gasteiger partial charge in [0, 0.05) is 6.04 Å². The minimum atomic E-state index is 0.549. The molecule has 118 valence electrons. The molecule has 1 aromatic carbocycles. The van der Waals surface area contributed by atoms with Crippen LogP contribution < -0.4 is 5.32 Å². The van der Waals surface area contributed by atoms with E-state index >= 15 is 0 Å². The molecule has 0 bridgehead atoms. The van der Waals surface area contributed by atoms with E-state index in [4.69, 9.17) is 0 Å². The molecule has 1 unspecified atom stereocenters. The minimum Gasteiger partial charge on any atom is -0.310 e. The molecule has 21 heavy (non-hydrogen) atoms. The van der Waals surface area contributed by atoms with E-state index in [1.165, 1.54) is 68.1 Å². The first kappa shape index (κ1) is 16.5. The molecule has 2 rings (SSSR count). The van der Waals surface area contributed by atoms with Crippen molar-refractivity contribution in [2.45, 2.75) is 78.2 Å². The van der Waals surface area contributed by atoms with Gasteiger partial charge in [0.2, 0.25) is 0 Å². The van der Waals surface area contributed by atoms with Crippen LogP contribution in [0.2, 0.25) is 0 Å². The molecule has 1 N–H and O–H groups in total.